The van der Waals surface area contributed by atoms with Gasteiger partial charge in [-0.1, -0.05) is 12.7 Å². The summed E-state index contributed by atoms with van der Waals surface area (Å²) in [5.41, 5.74) is -1.98. The summed E-state index contributed by atoms with van der Waals surface area (Å²) in [5, 5.41) is 0. The molecule has 0 aromatic carbocycles. The van der Waals surface area contributed by atoms with Crippen LogP contribution in [0.3, 0.4) is 0 Å². The normalized spacial score (nSPS) is 22.7. The van der Waals surface area contributed by atoms with E-state index in [1.54, 1.807) is 20.8 Å². The van der Waals surface area contributed by atoms with Gasteiger partial charge in [0, 0.05) is 19.5 Å². The molecule has 1 unspecified atom stereocenters. The van der Waals surface area contributed by atoms with E-state index < -0.39 is 23.1 Å². The Kier molecular flexibility index (Phi) is 5.15. The predicted molar refractivity (Wildman–Crippen MR) is 76.7 cm³/mol. The van der Waals surface area contributed by atoms with Crippen molar-refractivity contribution in [1.29, 1.82) is 0 Å². The van der Waals surface area contributed by atoms with Crippen molar-refractivity contribution in [1.82, 2.24) is 4.90 Å². The zero-order valence-electron chi connectivity index (χ0n) is 13.1. The highest BCUT2D eigenvalue weighted by Gasteiger charge is 2.48. The van der Waals surface area contributed by atoms with Gasteiger partial charge in [0.2, 0.25) is 0 Å². The lowest BCUT2D eigenvalue weighted by Crippen LogP contribution is -2.55. The van der Waals surface area contributed by atoms with Crippen molar-refractivity contribution in [3.8, 4) is 0 Å². The fourth-order valence-corrected chi connectivity index (χ4v) is 2.02. The summed E-state index contributed by atoms with van der Waals surface area (Å²) in [6, 6.07) is 0. The molecule has 1 fully saturated rings. The van der Waals surface area contributed by atoms with Gasteiger partial charge in [-0.25, -0.2) is 4.79 Å². The van der Waals surface area contributed by atoms with Crippen molar-refractivity contribution in [3.63, 3.8) is 0 Å². The van der Waals surface area contributed by atoms with E-state index in [9.17, 15) is 14.4 Å². The summed E-state index contributed by atoms with van der Waals surface area (Å²) in [5.74, 6) is -0.864. The Labute approximate surface area is 125 Å². The molecule has 0 aromatic rings. The molecule has 1 amide bonds. The molecule has 6 heteroatoms. The van der Waals surface area contributed by atoms with Crippen molar-refractivity contribution in [2.45, 2.75) is 39.7 Å². The number of piperidine rings is 1. The van der Waals surface area contributed by atoms with E-state index >= 15 is 0 Å². The van der Waals surface area contributed by atoms with Gasteiger partial charge in [-0.3, -0.25) is 9.59 Å². The minimum atomic E-state index is -1.35. The lowest BCUT2D eigenvalue weighted by molar-refractivity contribution is -0.161. The maximum atomic E-state index is 12.1. The molecule has 1 aliphatic heterocycles. The molecule has 6 nitrogen and oxygen atoms in total. The molecule has 0 N–H and O–H groups in total. The fraction of sp³-hybridized carbons (Fsp3) is 0.667. The van der Waals surface area contributed by atoms with Gasteiger partial charge in [0.05, 0.1) is 0 Å². The molecule has 1 rings (SSSR count). The number of amides is 1. The molecule has 1 heterocycles. The molecule has 0 aliphatic carbocycles. The van der Waals surface area contributed by atoms with Crippen LogP contribution in [0.25, 0.3) is 0 Å². The highest BCUT2D eigenvalue weighted by atomic mass is 16.6. The second-order valence-corrected chi connectivity index (χ2v) is 6.29. The Hall–Kier alpha value is -1.85. The number of hydrogen-bond acceptors (Lipinski definition) is 5. The van der Waals surface area contributed by atoms with Crippen molar-refractivity contribution >= 4 is 17.8 Å². The smallest absolute Gasteiger partial charge is 0.410 e. The zero-order chi connectivity index (χ0) is 16.3. The van der Waals surface area contributed by atoms with Crippen molar-refractivity contribution < 1.29 is 23.9 Å². The van der Waals surface area contributed by atoms with Crippen LogP contribution in [0.5, 0.6) is 0 Å². The number of likely N-dealkylation sites (tertiary alicyclic amines) is 1. The van der Waals surface area contributed by atoms with Gasteiger partial charge in [0.15, 0.2) is 5.78 Å². The van der Waals surface area contributed by atoms with Gasteiger partial charge >= 0.3 is 12.1 Å². The summed E-state index contributed by atoms with van der Waals surface area (Å²) < 4.78 is 10.3. The molecule has 0 bridgehead atoms. The summed E-state index contributed by atoms with van der Waals surface area (Å²) in [6.45, 7) is 10.5. The minimum Gasteiger partial charge on any atom is -0.461 e. The van der Waals surface area contributed by atoms with E-state index in [-0.39, 0.29) is 31.9 Å². The Morgan fingerprint density at radius 2 is 2.05 bits per heavy atom. The monoisotopic (exact) mass is 297 g/mol. The van der Waals surface area contributed by atoms with E-state index in [2.05, 4.69) is 6.58 Å². The number of ether oxygens (including phenoxy) is 2. The Balaban J connectivity index is 2.82. The lowest BCUT2D eigenvalue weighted by atomic mass is 9.80. The van der Waals surface area contributed by atoms with Crippen molar-refractivity contribution in [3.05, 3.63) is 12.7 Å². The molecule has 0 saturated carbocycles. The fourth-order valence-electron chi connectivity index (χ4n) is 2.02. The average Bonchev–Trinajstić information content (AvgIpc) is 2.37. The van der Waals surface area contributed by atoms with Crippen LogP contribution in [-0.4, -0.2) is 48.0 Å². The number of Topliss-reactive ketones (excluding diaryl/α,β-unsaturated/α-hetero) is 1. The lowest BCUT2D eigenvalue weighted by Gasteiger charge is -2.37. The summed E-state index contributed by atoms with van der Waals surface area (Å²) in [6.07, 6.45) is 1.01. The topological polar surface area (TPSA) is 72.9 Å². The number of ketones is 1. The van der Waals surface area contributed by atoms with Crippen LogP contribution in [0.4, 0.5) is 4.79 Å². The first kappa shape index (κ1) is 17.2. The van der Waals surface area contributed by atoms with Gasteiger partial charge in [0.25, 0.3) is 0 Å². The van der Waals surface area contributed by atoms with Gasteiger partial charge in [0.1, 0.15) is 17.6 Å². The third-order valence-electron chi connectivity index (χ3n) is 3.17. The molecule has 1 saturated heterocycles. The summed E-state index contributed by atoms with van der Waals surface area (Å²) in [7, 11) is 0. The number of rotatable bonds is 3. The van der Waals surface area contributed by atoms with E-state index in [4.69, 9.17) is 9.47 Å². The largest absolute Gasteiger partial charge is 0.461 e. The highest BCUT2D eigenvalue weighted by Crippen LogP contribution is 2.29. The quantitative estimate of drug-likeness (QED) is 0.452. The molecular formula is C15H23NO5. The maximum absolute atomic E-state index is 12.1. The standard InChI is InChI=1S/C15H23NO5/c1-6-9-20-12(18)15(5)10-16(8-7-11(15)17)13(19)21-14(2,3)4/h6H,1,7-10H2,2-5H3. The third-order valence-corrected chi connectivity index (χ3v) is 3.17. The molecule has 1 aliphatic rings. The highest BCUT2D eigenvalue weighted by molar-refractivity contribution is 6.04. The molecule has 0 radical (unpaired) electrons. The summed E-state index contributed by atoms with van der Waals surface area (Å²) >= 11 is 0. The van der Waals surface area contributed by atoms with Gasteiger partial charge in [-0.05, 0) is 27.7 Å². The average molecular weight is 297 g/mol. The van der Waals surface area contributed by atoms with Gasteiger partial charge < -0.3 is 14.4 Å². The molecule has 0 spiro atoms. The molecule has 0 aromatic heterocycles. The first-order chi connectivity index (χ1) is 9.60. The molecule has 118 valence electrons. The third kappa shape index (κ3) is 4.31. The molecule has 21 heavy (non-hydrogen) atoms. The van der Waals surface area contributed by atoms with Crippen molar-refractivity contribution in [2.24, 2.45) is 5.41 Å². The van der Waals surface area contributed by atoms with Crippen LogP contribution in [0.1, 0.15) is 34.1 Å². The maximum Gasteiger partial charge on any atom is 0.410 e. The second kappa shape index (κ2) is 6.28. The van der Waals surface area contributed by atoms with E-state index in [1.807, 2.05) is 0 Å². The first-order valence-electron chi connectivity index (χ1n) is 6.89. The van der Waals surface area contributed by atoms with Crippen LogP contribution in [-0.2, 0) is 19.1 Å². The SMILES string of the molecule is C=CCOC(=O)C1(C)CN(C(=O)OC(C)(C)C)CCC1=O. The Morgan fingerprint density at radius 1 is 1.43 bits per heavy atom. The van der Waals surface area contributed by atoms with Gasteiger partial charge in [-0.2, -0.15) is 0 Å². The van der Waals surface area contributed by atoms with Crippen LogP contribution in [0.2, 0.25) is 0 Å². The van der Waals surface area contributed by atoms with Gasteiger partial charge in [-0.15, -0.1) is 0 Å². The predicted octanol–water partition coefficient (Wildman–Crippen LogP) is 1.93. The Bertz CT molecular complexity index is 451. The van der Waals surface area contributed by atoms with E-state index in [0.29, 0.717) is 0 Å². The van der Waals surface area contributed by atoms with Crippen LogP contribution in [0, 0.1) is 5.41 Å². The molecular weight excluding hydrogens is 274 g/mol. The number of carbonyl (C=O) groups excluding carboxylic acids is 3. The van der Waals surface area contributed by atoms with E-state index in [0.717, 1.165) is 0 Å². The number of esters is 1. The number of nitrogens with zero attached hydrogens (tertiary/aromatic N) is 1. The van der Waals surface area contributed by atoms with Crippen LogP contribution < -0.4 is 0 Å². The number of carbonyl (C=O) groups is 3. The van der Waals surface area contributed by atoms with Crippen molar-refractivity contribution in [2.75, 3.05) is 19.7 Å². The first-order valence-corrected chi connectivity index (χ1v) is 6.89. The zero-order valence-corrected chi connectivity index (χ0v) is 13.1. The van der Waals surface area contributed by atoms with E-state index in [1.165, 1.54) is 17.9 Å². The van der Waals surface area contributed by atoms with Crippen LogP contribution in [0.15, 0.2) is 12.7 Å². The summed E-state index contributed by atoms with van der Waals surface area (Å²) in [4.78, 5) is 37.6. The number of hydrogen-bond donors (Lipinski definition) is 0. The molecule has 1 atom stereocenters. The Morgan fingerprint density at radius 3 is 2.57 bits per heavy atom. The second-order valence-electron chi connectivity index (χ2n) is 6.29. The van der Waals surface area contributed by atoms with Crippen LogP contribution >= 0.6 is 0 Å². The minimum absolute atomic E-state index is 0.0310.